The Balaban J connectivity index is 1.69. The second kappa shape index (κ2) is 9.20. The Morgan fingerprint density at radius 3 is 2.61 bits per heavy atom. The van der Waals surface area contributed by atoms with Crippen LogP contribution in [0.5, 0.6) is 5.75 Å². The number of nitrogens with zero attached hydrogens (tertiary/aromatic N) is 3. The number of allylic oxidation sites excluding steroid dienone is 1. The molecule has 2 atom stereocenters. The average molecular weight is 459 g/mol. The number of nitrogens with one attached hydrogen (secondary N) is 1. The van der Waals surface area contributed by atoms with Gasteiger partial charge in [-0.1, -0.05) is 48.3 Å². The molecule has 1 amide bonds. The van der Waals surface area contributed by atoms with Crippen molar-refractivity contribution in [2.75, 3.05) is 18.7 Å². The number of carbonyl (C=O) groups is 1. The van der Waals surface area contributed by atoms with Gasteiger partial charge in [-0.2, -0.15) is 5.10 Å². The number of anilines is 1. The predicted octanol–water partition coefficient (Wildman–Crippen LogP) is 5.20. The molecule has 2 heterocycles. The molecule has 4 rings (SSSR count). The molecule has 1 N–H and O–H groups in total. The number of methoxy groups -OCH3 is 1. The molecule has 0 radical (unpaired) electrons. The smallest absolute Gasteiger partial charge is 0.286 e. The summed E-state index contributed by atoms with van der Waals surface area (Å²) in [4.78, 5) is 13.1. The van der Waals surface area contributed by atoms with Gasteiger partial charge < -0.3 is 4.74 Å². The van der Waals surface area contributed by atoms with Crippen LogP contribution in [0.2, 0.25) is 10.0 Å². The highest BCUT2D eigenvalue weighted by atomic mass is 35.5. The van der Waals surface area contributed by atoms with E-state index in [9.17, 15) is 4.79 Å². The number of hydrogen-bond donors (Lipinski definition) is 1. The second-order valence-corrected chi connectivity index (χ2v) is 8.44. The van der Waals surface area contributed by atoms with Crippen LogP contribution in [0.4, 0.5) is 5.69 Å². The normalized spacial score (nSPS) is 20.6. The van der Waals surface area contributed by atoms with Gasteiger partial charge >= 0.3 is 0 Å². The summed E-state index contributed by atoms with van der Waals surface area (Å²) in [6, 6.07) is 12.8. The number of hydrazone groups is 1. The summed E-state index contributed by atoms with van der Waals surface area (Å²) in [5.41, 5.74) is 5.10. The van der Waals surface area contributed by atoms with Crippen LogP contribution < -0.4 is 15.2 Å². The summed E-state index contributed by atoms with van der Waals surface area (Å²) < 4.78 is 5.29. The number of amides is 1. The minimum Gasteiger partial charge on any atom is -0.497 e. The zero-order valence-corrected chi connectivity index (χ0v) is 18.9. The maximum atomic E-state index is 13.1. The van der Waals surface area contributed by atoms with Gasteiger partial charge in [-0.05, 0) is 48.7 Å². The maximum Gasteiger partial charge on any atom is 0.286 e. The van der Waals surface area contributed by atoms with Gasteiger partial charge in [0.2, 0.25) is 0 Å². The molecule has 8 heteroatoms. The minimum atomic E-state index is -0.217. The number of benzene rings is 2. The Hall–Kier alpha value is -2.70. The van der Waals surface area contributed by atoms with Gasteiger partial charge in [0.25, 0.3) is 5.91 Å². The predicted molar refractivity (Wildman–Crippen MR) is 124 cm³/mol. The van der Waals surface area contributed by atoms with E-state index >= 15 is 0 Å². The van der Waals surface area contributed by atoms with Gasteiger partial charge in [0.05, 0.1) is 23.9 Å². The van der Waals surface area contributed by atoms with Gasteiger partial charge in [-0.25, -0.2) is 0 Å². The fourth-order valence-corrected chi connectivity index (χ4v) is 4.42. The SMILES string of the molecule is COc1ccc([C@H]2[C@@H](C)C(C(=O)NN3C=CCCC3)=NN2c2ccc(Cl)cc2Cl)cc1. The molecule has 0 fully saturated rings. The molecule has 2 aromatic carbocycles. The molecule has 0 saturated carbocycles. The zero-order valence-electron chi connectivity index (χ0n) is 17.4. The van der Waals surface area contributed by atoms with Crippen molar-refractivity contribution in [1.82, 2.24) is 10.4 Å². The molecule has 0 aliphatic carbocycles. The molecule has 0 unspecified atom stereocenters. The summed E-state index contributed by atoms with van der Waals surface area (Å²) in [5, 5.41) is 9.36. The Bertz CT molecular complexity index is 1020. The van der Waals surface area contributed by atoms with Crippen LogP contribution in [-0.2, 0) is 4.79 Å². The lowest BCUT2D eigenvalue weighted by Gasteiger charge is -2.28. The molecule has 31 heavy (non-hydrogen) atoms. The van der Waals surface area contributed by atoms with Crippen LogP contribution >= 0.6 is 23.2 Å². The van der Waals surface area contributed by atoms with Gasteiger partial charge in [0, 0.05) is 23.7 Å². The highest BCUT2D eigenvalue weighted by Gasteiger charge is 2.40. The van der Waals surface area contributed by atoms with Crippen LogP contribution in [0, 0.1) is 5.92 Å². The van der Waals surface area contributed by atoms with Gasteiger partial charge in [-0.15, -0.1) is 0 Å². The largest absolute Gasteiger partial charge is 0.497 e. The molecule has 0 spiro atoms. The molecule has 0 bridgehead atoms. The maximum absolute atomic E-state index is 13.1. The average Bonchev–Trinajstić information content (AvgIpc) is 3.11. The lowest BCUT2D eigenvalue weighted by Crippen LogP contribution is -2.44. The van der Waals surface area contributed by atoms with Crippen molar-refractivity contribution in [3.63, 3.8) is 0 Å². The van der Waals surface area contributed by atoms with Crippen LogP contribution in [0.1, 0.15) is 31.4 Å². The highest BCUT2D eigenvalue weighted by Crippen LogP contribution is 2.42. The number of ether oxygens (including phenoxy) is 1. The Morgan fingerprint density at radius 2 is 1.97 bits per heavy atom. The van der Waals surface area contributed by atoms with E-state index < -0.39 is 0 Å². The third-order valence-corrected chi connectivity index (χ3v) is 6.07. The molecule has 2 aliphatic heterocycles. The van der Waals surface area contributed by atoms with E-state index in [4.69, 9.17) is 33.0 Å². The quantitative estimate of drug-likeness (QED) is 0.668. The Kier molecular flexibility index (Phi) is 6.39. The van der Waals surface area contributed by atoms with Crippen molar-refractivity contribution in [3.05, 3.63) is 70.3 Å². The zero-order chi connectivity index (χ0) is 22.0. The van der Waals surface area contributed by atoms with E-state index in [2.05, 4.69) is 5.43 Å². The molecule has 162 valence electrons. The molecular formula is C23H24Cl2N4O2. The summed E-state index contributed by atoms with van der Waals surface area (Å²) in [5.74, 6) is 0.375. The molecule has 2 aromatic rings. The third-order valence-electron chi connectivity index (χ3n) is 5.53. The lowest BCUT2D eigenvalue weighted by atomic mass is 9.91. The fourth-order valence-electron chi connectivity index (χ4n) is 3.92. The first kappa shape index (κ1) is 21.5. The van der Waals surface area contributed by atoms with Crippen LogP contribution in [-0.4, -0.2) is 30.3 Å². The first-order valence-electron chi connectivity index (χ1n) is 10.2. The Morgan fingerprint density at radius 1 is 1.19 bits per heavy atom. The number of carbonyl (C=O) groups excluding carboxylic acids is 1. The van der Waals surface area contributed by atoms with E-state index in [-0.39, 0.29) is 17.9 Å². The lowest BCUT2D eigenvalue weighted by molar-refractivity contribution is -0.118. The van der Waals surface area contributed by atoms with Crippen molar-refractivity contribution < 1.29 is 9.53 Å². The summed E-state index contributed by atoms with van der Waals surface area (Å²) in [7, 11) is 1.63. The second-order valence-electron chi connectivity index (χ2n) is 7.59. The monoisotopic (exact) mass is 458 g/mol. The number of rotatable bonds is 5. The number of halogens is 2. The van der Waals surface area contributed by atoms with Crippen molar-refractivity contribution in [3.8, 4) is 5.75 Å². The van der Waals surface area contributed by atoms with Crippen molar-refractivity contribution >= 4 is 40.5 Å². The molecular weight excluding hydrogens is 435 g/mol. The van der Waals surface area contributed by atoms with Gasteiger partial charge in [0.15, 0.2) is 0 Å². The molecule has 0 saturated heterocycles. The minimum absolute atomic E-state index is 0.172. The number of hydrazine groups is 1. The molecule has 6 nitrogen and oxygen atoms in total. The van der Waals surface area contributed by atoms with E-state index in [1.54, 1.807) is 24.3 Å². The van der Waals surface area contributed by atoms with Crippen molar-refractivity contribution in [1.29, 1.82) is 0 Å². The van der Waals surface area contributed by atoms with Crippen LogP contribution in [0.25, 0.3) is 0 Å². The van der Waals surface area contributed by atoms with Crippen molar-refractivity contribution in [2.45, 2.75) is 25.8 Å². The Labute approximate surface area is 192 Å². The van der Waals surface area contributed by atoms with Crippen LogP contribution in [0.15, 0.2) is 59.8 Å². The fraction of sp³-hybridized carbons (Fsp3) is 0.304. The van der Waals surface area contributed by atoms with E-state index in [1.807, 2.05) is 54.5 Å². The molecule has 0 aromatic heterocycles. The third kappa shape index (κ3) is 4.50. The first-order chi connectivity index (χ1) is 15.0. The summed E-state index contributed by atoms with van der Waals surface area (Å²) in [6.45, 7) is 2.78. The van der Waals surface area contributed by atoms with E-state index in [0.29, 0.717) is 21.4 Å². The van der Waals surface area contributed by atoms with E-state index in [0.717, 1.165) is 30.7 Å². The van der Waals surface area contributed by atoms with E-state index in [1.165, 1.54) is 0 Å². The van der Waals surface area contributed by atoms with Gasteiger partial charge in [-0.3, -0.25) is 20.2 Å². The number of hydrogen-bond acceptors (Lipinski definition) is 5. The highest BCUT2D eigenvalue weighted by molar-refractivity contribution is 6.41. The van der Waals surface area contributed by atoms with Crippen LogP contribution in [0.3, 0.4) is 0 Å². The standard InChI is InChI=1S/C23H24Cl2N4O2/c1-15-21(23(30)27-28-12-4-3-5-13-28)26-29(20-11-8-17(24)14-19(20)25)22(15)16-6-9-18(31-2)10-7-16/h4,6-12,14-15,22H,3,5,13H2,1-2H3,(H,27,30)/t15-,22+/m0/s1. The van der Waals surface area contributed by atoms with Gasteiger partial charge in [0.1, 0.15) is 11.5 Å². The van der Waals surface area contributed by atoms with Crippen molar-refractivity contribution in [2.24, 2.45) is 11.0 Å². The summed E-state index contributed by atoms with van der Waals surface area (Å²) >= 11 is 12.6. The molecule has 2 aliphatic rings. The topological polar surface area (TPSA) is 57.2 Å². The first-order valence-corrected chi connectivity index (χ1v) is 10.9. The summed E-state index contributed by atoms with van der Waals surface area (Å²) in [6.07, 6.45) is 5.96.